The highest BCUT2D eigenvalue weighted by Gasteiger charge is 2.42. The van der Waals surface area contributed by atoms with Gasteiger partial charge in [-0.1, -0.05) is 30.3 Å². The van der Waals surface area contributed by atoms with Gasteiger partial charge in [0, 0.05) is 19.1 Å². The van der Waals surface area contributed by atoms with E-state index in [0.717, 1.165) is 11.8 Å². The van der Waals surface area contributed by atoms with E-state index < -0.39 is 0 Å². The number of likely N-dealkylation sites (tertiary alicyclic amines) is 1. The van der Waals surface area contributed by atoms with Crippen molar-refractivity contribution >= 4 is 0 Å². The Morgan fingerprint density at radius 3 is 2.80 bits per heavy atom. The Balaban J connectivity index is 1.91. The minimum Gasteiger partial charge on any atom is -0.316 e. The normalized spacial score (nSPS) is 35.7. The summed E-state index contributed by atoms with van der Waals surface area (Å²) in [4.78, 5) is 2.52. The topological polar surface area (TPSA) is 15.3 Å². The second kappa shape index (κ2) is 3.62. The molecule has 80 valence electrons. The summed E-state index contributed by atoms with van der Waals surface area (Å²) in [5, 5.41) is 3.52. The number of benzene rings is 1. The van der Waals surface area contributed by atoms with Crippen molar-refractivity contribution in [1.29, 1.82) is 0 Å². The van der Waals surface area contributed by atoms with Crippen LogP contribution in [0, 0.1) is 11.8 Å². The number of fused-ring (bicyclic) bond motifs is 1. The van der Waals surface area contributed by atoms with Crippen LogP contribution in [0.2, 0.25) is 0 Å². The molecule has 1 N–H and O–H groups in total. The zero-order chi connectivity index (χ0) is 10.3. The molecule has 0 saturated carbocycles. The summed E-state index contributed by atoms with van der Waals surface area (Å²) >= 11 is 0. The lowest BCUT2D eigenvalue weighted by molar-refractivity contribution is 0.276. The largest absolute Gasteiger partial charge is 0.316 e. The van der Waals surface area contributed by atoms with Gasteiger partial charge in [0.1, 0.15) is 0 Å². The highest BCUT2D eigenvalue weighted by molar-refractivity contribution is 5.22. The highest BCUT2D eigenvalue weighted by Crippen LogP contribution is 2.41. The molecule has 2 nitrogen and oxygen atoms in total. The van der Waals surface area contributed by atoms with Gasteiger partial charge < -0.3 is 5.32 Å². The van der Waals surface area contributed by atoms with Gasteiger partial charge in [0.25, 0.3) is 0 Å². The zero-order valence-electron chi connectivity index (χ0n) is 9.19. The van der Waals surface area contributed by atoms with Crippen LogP contribution in [0.3, 0.4) is 0 Å². The van der Waals surface area contributed by atoms with E-state index >= 15 is 0 Å². The van der Waals surface area contributed by atoms with E-state index in [2.05, 4.69) is 47.6 Å². The second-order valence-corrected chi connectivity index (χ2v) is 4.88. The molecule has 2 aliphatic heterocycles. The molecule has 0 spiro atoms. The minimum absolute atomic E-state index is 0.631. The van der Waals surface area contributed by atoms with Gasteiger partial charge >= 0.3 is 0 Å². The molecule has 2 heteroatoms. The monoisotopic (exact) mass is 202 g/mol. The fraction of sp³-hybridized carbons (Fsp3) is 0.538. The Morgan fingerprint density at radius 2 is 2.00 bits per heavy atom. The maximum absolute atomic E-state index is 3.52. The molecule has 3 atom stereocenters. The van der Waals surface area contributed by atoms with Crippen molar-refractivity contribution in [2.75, 3.05) is 26.7 Å². The summed E-state index contributed by atoms with van der Waals surface area (Å²) in [6.45, 7) is 3.64. The Labute approximate surface area is 91.3 Å². The summed E-state index contributed by atoms with van der Waals surface area (Å²) in [6.07, 6.45) is 0. The standard InChI is InChI=1S/C13H18N2/c1-15-9-11-7-14-8-12(11)13(15)10-5-3-2-4-6-10/h2-6,11-14H,7-9H2,1H3/t11-,12+,13-/m0/s1. The Morgan fingerprint density at radius 1 is 1.20 bits per heavy atom. The van der Waals surface area contributed by atoms with Crippen LogP contribution >= 0.6 is 0 Å². The van der Waals surface area contributed by atoms with Gasteiger partial charge in [-0.2, -0.15) is 0 Å². The van der Waals surface area contributed by atoms with Crippen molar-refractivity contribution in [3.8, 4) is 0 Å². The van der Waals surface area contributed by atoms with Crippen molar-refractivity contribution in [1.82, 2.24) is 10.2 Å². The fourth-order valence-corrected chi connectivity index (χ4v) is 3.29. The zero-order valence-corrected chi connectivity index (χ0v) is 9.19. The minimum atomic E-state index is 0.631. The van der Waals surface area contributed by atoms with Crippen LogP contribution in [0.15, 0.2) is 30.3 Å². The molecule has 0 amide bonds. The predicted octanol–water partition coefficient (Wildman–Crippen LogP) is 1.51. The number of nitrogens with zero attached hydrogens (tertiary/aromatic N) is 1. The van der Waals surface area contributed by atoms with Crippen LogP contribution < -0.4 is 5.32 Å². The molecule has 0 radical (unpaired) electrons. The van der Waals surface area contributed by atoms with Gasteiger partial charge in [-0.3, -0.25) is 4.90 Å². The third kappa shape index (κ3) is 1.48. The van der Waals surface area contributed by atoms with Gasteiger partial charge in [-0.25, -0.2) is 0 Å². The lowest BCUT2D eigenvalue weighted by atomic mass is 9.90. The molecule has 2 fully saturated rings. The van der Waals surface area contributed by atoms with E-state index in [-0.39, 0.29) is 0 Å². The molecular formula is C13H18N2. The van der Waals surface area contributed by atoms with Gasteiger partial charge in [0.2, 0.25) is 0 Å². The van der Waals surface area contributed by atoms with Crippen LogP contribution in [-0.4, -0.2) is 31.6 Å². The van der Waals surface area contributed by atoms with Crippen LogP contribution in [0.1, 0.15) is 11.6 Å². The van der Waals surface area contributed by atoms with E-state index in [4.69, 9.17) is 0 Å². The van der Waals surface area contributed by atoms with Gasteiger partial charge in [0.05, 0.1) is 0 Å². The van der Waals surface area contributed by atoms with Gasteiger partial charge in [-0.05, 0) is 31.0 Å². The van der Waals surface area contributed by atoms with E-state index in [0.29, 0.717) is 6.04 Å². The Bertz CT molecular complexity index is 336. The van der Waals surface area contributed by atoms with Crippen molar-refractivity contribution in [3.05, 3.63) is 35.9 Å². The molecule has 0 bridgehead atoms. The first-order chi connectivity index (χ1) is 7.36. The highest BCUT2D eigenvalue weighted by atomic mass is 15.2. The van der Waals surface area contributed by atoms with E-state index in [1.54, 1.807) is 0 Å². The van der Waals surface area contributed by atoms with Crippen molar-refractivity contribution in [2.45, 2.75) is 6.04 Å². The maximum Gasteiger partial charge on any atom is 0.0389 e. The fourth-order valence-electron chi connectivity index (χ4n) is 3.29. The lowest BCUT2D eigenvalue weighted by Crippen LogP contribution is -2.25. The third-order valence-corrected chi connectivity index (χ3v) is 3.94. The SMILES string of the molecule is CN1C[C@@H]2CNC[C@H]2[C@@H]1c1ccccc1. The first-order valence-corrected chi connectivity index (χ1v) is 5.82. The molecule has 0 aromatic heterocycles. The second-order valence-electron chi connectivity index (χ2n) is 4.88. The molecule has 1 aromatic rings. The first kappa shape index (κ1) is 9.37. The molecule has 1 aromatic carbocycles. The number of nitrogens with one attached hydrogen (secondary N) is 1. The quantitative estimate of drug-likeness (QED) is 0.742. The van der Waals surface area contributed by atoms with E-state index in [9.17, 15) is 0 Å². The van der Waals surface area contributed by atoms with Crippen molar-refractivity contribution in [2.24, 2.45) is 11.8 Å². The Kier molecular flexibility index (Phi) is 2.26. The van der Waals surface area contributed by atoms with Crippen LogP contribution in [-0.2, 0) is 0 Å². The van der Waals surface area contributed by atoms with Crippen molar-refractivity contribution < 1.29 is 0 Å². The van der Waals surface area contributed by atoms with E-state index in [1.807, 2.05) is 0 Å². The summed E-state index contributed by atoms with van der Waals surface area (Å²) in [5.41, 5.74) is 1.48. The molecule has 2 aliphatic rings. The molecule has 2 saturated heterocycles. The molecule has 0 aliphatic carbocycles. The summed E-state index contributed by atoms with van der Waals surface area (Å²) in [5.74, 6) is 1.68. The molecule has 0 unspecified atom stereocenters. The summed E-state index contributed by atoms with van der Waals surface area (Å²) in [6, 6.07) is 11.6. The predicted molar refractivity (Wildman–Crippen MR) is 61.7 cm³/mol. The molecular weight excluding hydrogens is 184 g/mol. The van der Waals surface area contributed by atoms with Crippen LogP contribution in [0.25, 0.3) is 0 Å². The summed E-state index contributed by atoms with van der Waals surface area (Å²) < 4.78 is 0. The first-order valence-electron chi connectivity index (χ1n) is 5.82. The number of hydrogen-bond acceptors (Lipinski definition) is 2. The molecule has 2 heterocycles. The smallest absolute Gasteiger partial charge is 0.0389 e. The van der Waals surface area contributed by atoms with Gasteiger partial charge in [-0.15, -0.1) is 0 Å². The van der Waals surface area contributed by atoms with Crippen LogP contribution in [0.5, 0.6) is 0 Å². The average Bonchev–Trinajstić information content (AvgIpc) is 2.78. The van der Waals surface area contributed by atoms with Gasteiger partial charge in [0.15, 0.2) is 0 Å². The molecule has 3 rings (SSSR count). The summed E-state index contributed by atoms with van der Waals surface area (Å²) in [7, 11) is 2.26. The van der Waals surface area contributed by atoms with E-state index in [1.165, 1.54) is 25.2 Å². The Hall–Kier alpha value is -0.860. The maximum atomic E-state index is 3.52. The molecule has 15 heavy (non-hydrogen) atoms. The third-order valence-electron chi connectivity index (χ3n) is 3.94. The average molecular weight is 202 g/mol. The lowest BCUT2D eigenvalue weighted by Gasteiger charge is -2.24. The van der Waals surface area contributed by atoms with Crippen molar-refractivity contribution in [3.63, 3.8) is 0 Å². The number of hydrogen-bond donors (Lipinski definition) is 1. The number of rotatable bonds is 1. The van der Waals surface area contributed by atoms with Crippen LogP contribution in [0.4, 0.5) is 0 Å².